The maximum absolute atomic E-state index is 11.8. The molecule has 0 spiro atoms. The minimum Gasteiger partial charge on any atom is -0.407 e. The van der Waals surface area contributed by atoms with Gasteiger partial charge in [0.15, 0.2) is 0 Å². The predicted molar refractivity (Wildman–Crippen MR) is 77.3 cm³/mol. The van der Waals surface area contributed by atoms with Crippen molar-refractivity contribution in [1.29, 1.82) is 0 Å². The molecule has 0 bridgehead atoms. The molecule has 1 aromatic heterocycles. The number of carbonyl (C=O) groups excluding carboxylic acids is 1. The Morgan fingerprint density at radius 3 is 2.45 bits per heavy atom. The van der Waals surface area contributed by atoms with Gasteiger partial charge < -0.3 is 20.0 Å². The van der Waals surface area contributed by atoms with E-state index in [9.17, 15) is 4.79 Å². The summed E-state index contributed by atoms with van der Waals surface area (Å²) < 4.78 is 5.41. The third-order valence-corrected chi connectivity index (χ3v) is 2.74. The van der Waals surface area contributed by atoms with Crippen LogP contribution in [0, 0.1) is 0 Å². The first-order chi connectivity index (χ1) is 9.35. The number of amides is 1. The van der Waals surface area contributed by atoms with E-state index in [1.807, 2.05) is 13.8 Å². The molecular formula is C13H25N5O2. The van der Waals surface area contributed by atoms with Gasteiger partial charge in [-0.25, -0.2) is 0 Å². The number of hydrogen-bond donors (Lipinski definition) is 2. The number of nitrogens with one attached hydrogen (secondary N) is 2. The SMILES string of the molecule is CCN(CC)C(=O)CNc1nnc(CNC(C)(C)C)o1. The first kappa shape index (κ1) is 16.4. The monoisotopic (exact) mass is 283 g/mol. The lowest BCUT2D eigenvalue weighted by Crippen LogP contribution is -2.35. The molecule has 0 aliphatic heterocycles. The fraction of sp³-hybridized carbons (Fsp3) is 0.769. The van der Waals surface area contributed by atoms with Crippen LogP contribution in [-0.2, 0) is 11.3 Å². The van der Waals surface area contributed by atoms with Gasteiger partial charge in [0.2, 0.25) is 11.8 Å². The summed E-state index contributed by atoms with van der Waals surface area (Å²) in [6.07, 6.45) is 0. The summed E-state index contributed by atoms with van der Waals surface area (Å²) in [7, 11) is 0. The van der Waals surface area contributed by atoms with Gasteiger partial charge in [-0.1, -0.05) is 5.10 Å². The van der Waals surface area contributed by atoms with Gasteiger partial charge in [0.25, 0.3) is 0 Å². The second kappa shape index (κ2) is 7.23. The van der Waals surface area contributed by atoms with Crippen molar-refractivity contribution < 1.29 is 9.21 Å². The van der Waals surface area contributed by atoms with Gasteiger partial charge in [0.05, 0.1) is 13.1 Å². The zero-order valence-corrected chi connectivity index (χ0v) is 13.0. The van der Waals surface area contributed by atoms with Crippen LogP contribution in [0.4, 0.5) is 6.01 Å². The molecule has 0 aliphatic carbocycles. The van der Waals surface area contributed by atoms with Crippen molar-refractivity contribution in [2.24, 2.45) is 0 Å². The first-order valence-corrected chi connectivity index (χ1v) is 6.94. The van der Waals surface area contributed by atoms with E-state index in [0.29, 0.717) is 25.5 Å². The largest absolute Gasteiger partial charge is 0.407 e. The number of likely N-dealkylation sites (N-methyl/N-ethyl adjacent to an activating group) is 1. The van der Waals surface area contributed by atoms with Crippen LogP contribution < -0.4 is 10.6 Å². The summed E-state index contributed by atoms with van der Waals surface area (Å²) in [5.74, 6) is 0.514. The minimum absolute atomic E-state index is 0.0131. The normalized spacial score (nSPS) is 11.4. The van der Waals surface area contributed by atoms with Crippen molar-refractivity contribution >= 4 is 11.9 Å². The maximum Gasteiger partial charge on any atom is 0.315 e. The van der Waals surface area contributed by atoms with E-state index in [4.69, 9.17) is 4.42 Å². The summed E-state index contributed by atoms with van der Waals surface area (Å²) in [6, 6.07) is 0.274. The van der Waals surface area contributed by atoms with E-state index in [0.717, 1.165) is 0 Å². The fourth-order valence-corrected chi connectivity index (χ4v) is 1.58. The summed E-state index contributed by atoms with van der Waals surface area (Å²) >= 11 is 0. The molecule has 0 aromatic carbocycles. The van der Waals surface area contributed by atoms with Crippen LogP contribution in [0.1, 0.15) is 40.5 Å². The quantitative estimate of drug-likeness (QED) is 0.783. The van der Waals surface area contributed by atoms with Crippen molar-refractivity contribution in [3.8, 4) is 0 Å². The minimum atomic E-state index is -0.0131. The van der Waals surface area contributed by atoms with E-state index in [2.05, 4.69) is 41.6 Å². The second-order valence-corrected chi connectivity index (χ2v) is 5.52. The van der Waals surface area contributed by atoms with Crippen LogP contribution in [-0.4, -0.2) is 46.2 Å². The molecule has 0 unspecified atom stereocenters. The number of hydrogen-bond acceptors (Lipinski definition) is 6. The highest BCUT2D eigenvalue weighted by Gasteiger charge is 2.13. The van der Waals surface area contributed by atoms with Gasteiger partial charge in [0, 0.05) is 18.6 Å². The Labute approximate surface area is 120 Å². The summed E-state index contributed by atoms with van der Waals surface area (Å²) in [6.45, 7) is 12.1. The third kappa shape index (κ3) is 5.56. The molecule has 2 N–H and O–H groups in total. The maximum atomic E-state index is 11.8. The van der Waals surface area contributed by atoms with E-state index < -0.39 is 0 Å². The van der Waals surface area contributed by atoms with E-state index in [1.54, 1.807) is 4.90 Å². The number of aromatic nitrogens is 2. The van der Waals surface area contributed by atoms with Crippen LogP contribution in [0.2, 0.25) is 0 Å². The van der Waals surface area contributed by atoms with Crippen molar-refractivity contribution in [3.63, 3.8) is 0 Å². The molecule has 1 heterocycles. The standard InChI is InChI=1S/C13H25N5O2/c1-6-18(7-2)11(19)9-14-12-17-16-10(20-12)8-15-13(3,4)5/h15H,6-9H2,1-5H3,(H,14,17). The molecular weight excluding hydrogens is 258 g/mol. The van der Waals surface area contributed by atoms with Gasteiger partial charge in [-0.05, 0) is 34.6 Å². The molecule has 114 valence electrons. The smallest absolute Gasteiger partial charge is 0.315 e. The lowest BCUT2D eigenvalue weighted by atomic mass is 10.1. The first-order valence-electron chi connectivity index (χ1n) is 6.94. The number of carbonyl (C=O) groups is 1. The molecule has 20 heavy (non-hydrogen) atoms. The van der Waals surface area contributed by atoms with Crippen LogP contribution in [0.5, 0.6) is 0 Å². The Morgan fingerprint density at radius 2 is 1.90 bits per heavy atom. The Kier molecular flexibility index (Phi) is 5.94. The Morgan fingerprint density at radius 1 is 1.25 bits per heavy atom. The van der Waals surface area contributed by atoms with Crippen molar-refractivity contribution in [2.45, 2.75) is 46.7 Å². The average molecular weight is 283 g/mol. The van der Waals surface area contributed by atoms with Gasteiger partial charge in [-0.15, -0.1) is 5.10 Å². The van der Waals surface area contributed by atoms with Crippen LogP contribution in [0.3, 0.4) is 0 Å². The molecule has 7 nitrogen and oxygen atoms in total. The van der Waals surface area contributed by atoms with Gasteiger partial charge in [-0.3, -0.25) is 4.79 Å². The number of rotatable bonds is 7. The zero-order chi connectivity index (χ0) is 15.2. The van der Waals surface area contributed by atoms with Crippen molar-refractivity contribution in [1.82, 2.24) is 20.4 Å². The fourth-order valence-electron chi connectivity index (χ4n) is 1.58. The lowest BCUT2D eigenvalue weighted by Gasteiger charge is -2.18. The van der Waals surface area contributed by atoms with Crippen molar-refractivity contribution in [3.05, 3.63) is 5.89 Å². The highest BCUT2D eigenvalue weighted by Crippen LogP contribution is 2.07. The third-order valence-electron chi connectivity index (χ3n) is 2.74. The molecule has 0 aliphatic rings. The van der Waals surface area contributed by atoms with E-state index in [1.165, 1.54) is 0 Å². The molecule has 7 heteroatoms. The lowest BCUT2D eigenvalue weighted by molar-refractivity contribution is -0.128. The van der Waals surface area contributed by atoms with Gasteiger partial charge >= 0.3 is 6.01 Å². The van der Waals surface area contributed by atoms with Gasteiger partial charge in [0.1, 0.15) is 0 Å². The van der Waals surface area contributed by atoms with Crippen molar-refractivity contribution in [2.75, 3.05) is 25.0 Å². The average Bonchev–Trinajstić information content (AvgIpc) is 2.82. The second-order valence-electron chi connectivity index (χ2n) is 5.52. The summed E-state index contributed by atoms with van der Waals surface area (Å²) in [4.78, 5) is 13.5. The molecule has 0 atom stereocenters. The van der Waals surface area contributed by atoms with Crippen LogP contribution in [0.25, 0.3) is 0 Å². The Hall–Kier alpha value is -1.63. The highest BCUT2D eigenvalue weighted by molar-refractivity contribution is 5.80. The molecule has 0 saturated heterocycles. The molecule has 0 fully saturated rings. The van der Waals surface area contributed by atoms with Crippen LogP contribution in [0.15, 0.2) is 4.42 Å². The van der Waals surface area contributed by atoms with E-state index in [-0.39, 0.29) is 24.0 Å². The molecule has 1 amide bonds. The zero-order valence-electron chi connectivity index (χ0n) is 13.0. The molecule has 1 aromatic rings. The number of anilines is 1. The molecule has 1 rings (SSSR count). The Balaban J connectivity index is 2.42. The van der Waals surface area contributed by atoms with Gasteiger partial charge in [-0.2, -0.15) is 0 Å². The molecule has 0 saturated carbocycles. The summed E-state index contributed by atoms with van der Waals surface area (Å²) in [5.41, 5.74) is -0.0131. The summed E-state index contributed by atoms with van der Waals surface area (Å²) in [5, 5.41) is 13.9. The highest BCUT2D eigenvalue weighted by atomic mass is 16.4. The topological polar surface area (TPSA) is 83.3 Å². The van der Waals surface area contributed by atoms with E-state index >= 15 is 0 Å². The molecule has 0 radical (unpaired) electrons. The number of nitrogens with zero attached hydrogens (tertiary/aromatic N) is 3. The van der Waals surface area contributed by atoms with Crippen LogP contribution >= 0.6 is 0 Å². The Bertz CT molecular complexity index is 421. The predicted octanol–water partition coefficient (Wildman–Crippen LogP) is 1.24.